The van der Waals surface area contributed by atoms with Crippen molar-refractivity contribution in [2.75, 3.05) is 25.1 Å². The molecule has 0 unspecified atom stereocenters. The topological polar surface area (TPSA) is 72.7 Å². The fraction of sp³-hybridized carbons (Fsp3) is 0.286. The molecule has 0 atom stereocenters. The average molecular weight is 366 g/mol. The van der Waals surface area contributed by atoms with Crippen molar-refractivity contribution < 1.29 is 14.5 Å². The highest BCUT2D eigenvalue weighted by Crippen LogP contribution is 2.31. The molecule has 0 saturated carbocycles. The number of methoxy groups -OCH3 is 1. The predicted octanol–water partition coefficient (Wildman–Crippen LogP) is 4.49. The second-order valence-corrected chi connectivity index (χ2v) is 6.48. The van der Waals surface area contributed by atoms with Gasteiger partial charge < -0.3 is 9.64 Å². The summed E-state index contributed by atoms with van der Waals surface area (Å²) in [5.74, 6) is 0.424. The molecule has 2 aromatic rings. The van der Waals surface area contributed by atoms with Crippen LogP contribution < -0.4 is 9.64 Å². The monoisotopic (exact) mass is 366 g/mol. The molecule has 0 bridgehead atoms. The first-order valence-electron chi connectivity index (χ1n) is 8.98. The van der Waals surface area contributed by atoms with Gasteiger partial charge in [0.25, 0.3) is 5.69 Å². The molecule has 1 saturated heterocycles. The number of hydrogen-bond donors (Lipinski definition) is 0. The third kappa shape index (κ3) is 4.53. The summed E-state index contributed by atoms with van der Waals surface area (Å²) in [7, 11) is 1.54. The maximum absolute atomic E-state index is 12.3. The van der Waals surface area contributed by atoms with Crippen LogP contribution in [0, 0.1) is 10.1 Å². The van der Waals surface area contributed by atoms with Crippen LogP contribution in [0.25, 0.3) is 6.08 Å². The largest absolute Gasteiger partial charge is 0.497 e. The number of carbonyl (C=O) groups is 1. The number of benzene rings is 2. The summed E-state index contributed by atoms with van der Waals surface area (Å²) in [6.45, 7) is 1.68. The minimum Gasteiger partial charge on any atom is -0.497 e. The van der Waals surface area contributed by atoms with Gasteiger partial charge in [-0.25, -0.2) is 0 Å². The first-order chi connectivity index (χ1) is 13.1. The zero-order chi connectivity index (χ0) is 19.2. The summed E-state index contributed by atoms with van der Waals surface area (Å²) in [6.07, 6.45) is 6.29. The van der Waals surface area contributed by atoms with Crippen LogP contribution in [0.3, 0.4) is 0 Å². The second-order valence-electron chi connectivity index (χ2n) is 6.48. The van der Waals surface area contributed by atoms with Crippen LogP contribution in [0.2, 0.25) is 0 Å². The Morgan fingerprint density at radius 3 is 2.63 bits per heavy atom. The Bertz CT molecular complexity index is 870. The number of nitrogens with zero attached hydrogens (tertiary/aromatic N) is 2. The lowest BCUT2D eigenvalue weighted by molar-refractivity contribution is -0.384. The van der Waals surface area contributed by atoms with E-state index in [0.29, 0.717) is 22.6 Å². The van der Waals surface area contributed by atoms with Crippen LogP contribution in [-0.2, 0) is 0 Å². The SMILES string of the molecule is COc1cccc(C(=O)/C=C/c2ccc(N3CCCCC3)c([N+](=O)[O-])c2)c1. The van der Waals surface area contributed by atoms with Crippen molar-refractivity contribution in [1.82, 2.24) is 0 Å². The van der Waals surface area contributed by atoms with E-state index in [4.69, 9.17) is 4.74 Å². The average Bonchev–Trinajstić information content (AvgIpc) is 2.72. The van der Waals surface area contributed by atoms with Gasteiger partial charge >= 0.3 is 0 Å². The number of anilines is 1. The Morgan fingerprint density at radius 2 is 1.93 bits per heavy atom. The van der Waals surface area contributed by atoms with Crippen molar-refractivity contribution in [3.8, 4) is 5.75 Å². The molecule has 3 rings (SSSR count). The Labute approximate surface area is 158 Å². The van der Waals surface area contributed by atoms with Gasteiger partial charge in [-0.05, 0) is 49.1 Å². The molecule has 0 aromatic heterocycles. The van der Waals surface area contributed by atoms with Gasteiger partial charge in [0.2, 0.25) is 0 Å². The summed E-state index contributed by atoms with van der Waals surface area (Å²) >= 11 is 0. The predicted molar refractivity (Wildman–Crippen MR) is 106 cm³/mol. The minimum absolute atomic E-state index is 0.0767. The number of nitro benzene ring substituents is 1. The molecule has 2 aromatic carbocycles. The van der Waals surface area contributed by atoms with Gasteiger partial charge in [0, 0.05) is 24.7 Å². The number of nitro groups is 1. The molecular weight excluding hydrogens is 344 g/mol. The highest BCUT2D eigenvalue weighted by Gasteiger charge is 2.21. The summed E-state index contributed by atoms with van der Waals surface area (Å²) in [6, 6.07) is 12.0. The standard InChI is InChI=1S/C21H22N2O4/c1-27-18-7-5-6-17(15-18)21(24)11-9-16-8-10-19(20(14-16)23(25)26)22-12-3-2-4-13-22/h5-11,14-15H,2-4,12-13H2,1H3/b11-9+. The zero-order valence-corrected chi connectivity index (χ0v) is 15.3. The van der Waals surface area contributed by atoms with Crippen LogP contribution >= 0.6 is 0 Å². The van der Waals surface area contributed by atoms with E-state index in [1.165, 1.54) is 12.1 Å². The lowest BCUT2D eigenvalue weighted by Gasteiger charge is -2.28. The Hall–Kier alpha value is -3.15. The summed E-state index contributed by atoms with van der Waals surface area (Å²) in [5.41, 5.74) is 1.85. The van der Waals surface area contributed by atoms with E-state index >= 15 is 0 Å². The lowest BCUT2D eigenvalue weighted by atomic mass is 10.1. The lowest BCUT2D eigenvalue weighted by Crippen LogP contribution is -2.29. The van der Waals surface area contributed by atoms with E-state index in [1.807, 2.05) is 6.07 Å². The van der Waals surface area contributed by atoms with Crippen LogP contribution in [0.15, 0.2) is 48.5 Å². The third-order valence-corrected chi connectivity index (χ3v) is 4.67. The summed E-state index contributed by atoms with van der Waals surface area (Å²) in [5, 5.41) is 11.5. The first-order valence-corrected chi connectivity index (χ1v) is 8.98. The fourth-order valence-electron chi connectivity index (χ4n) is 3.24. The molecule has 1 heterocycles. The molecule has 27 heavy (non-hydrogen) atoms. The maximum atomic E-state index is 12.3. The van der Waals surface area contributed by atoms with Crippen LogP contribution in [0.5, 0.6) is 5.75 Å². The van der Waals surface area contributed by atoms with E-state index in [9.17, 15) is 14.9 Å². The molecule has 1 fully saturated rings. The van der Waals surface area contributed by atoms with Gasteiger partial charge in [-0.2, -0.15) is 0 Å². The molecule has 0 aliphatic carbocycles. The van der Waals surface area contributed by atoms with Crippen LogP contribution in [-0.4, -0.2) is 30.9 Å². The summed E-state index contributed by atoms with van der Waals surface area (Å²) in [4.78, 5) is 25.6. The van der Waals surface area contributed by atoms with E-state index in [-0.39, 0.29) is 16.4 Å². The van der Waals surface area contributed by atoms with Crippen molar-refractivity contribution in [2.45, 2.75) is 19.3 Å². The van der Waals surface area contributed by atoms with Crippen molar-refractivity contribution in [3.05, 3.63) is 69.8 Å². The Morgan fingerprint density at radius 1 is 1.15 bits per heavy atom. The van der Waals surface area contributed by atoms with Crippen molar-refractivity contribution in [3.63, 3.8) is 0 Å². The number of allylic oxidation sites excluding steroid dienone is 1. The number of rotatable bonds is 6. The summed E-state index contributed by atoms with van der Waals surface area (Å²) < 4.78 is 5.12. The zero-order valence-electron chi connectivity index (χ0n) is 15.3. The van der Waals surface area contributed by atoms with Gasteiger partial charge in [-0.15, -0.1) is 0 Å². The van der Waals surface area contributed by atoms with E-state index in [1.54, 1.807) is 43.5 Å². The number of ketones is 1. The second kappa shape index (κ2) is 8.49. The van der Waals surface area contributed by atoms with Gasteiger partial charge in [-0.3, -0.25) is 14.9 Å². The van der Waals surface area contributed by atoms with E-state index < -0.39 is 0 Å². The molecular formula is C21H22N2O4. The number of ether oxygens (including phenoxy) is 1. The molecule has 1 aliphatic heterocycles. The maximum Gasteiger partial charge on any atom is 0.293 e. The number of carbonyl (C=O) groups excluding carboxylic acids is 1. The van der Waals surface area contributed by atoms with E-state index in [2.05, 4.69) is 4.90 Å². The highest BCUT2D eigenvalue weighted by atomic mass is 16.6. The van der Waals surface area contributed by atoms with Crippen molar-refractivity contribution in [1.29, 1.82) is 0 Å². The quantitative estimate of drug-likeness (QED) is 0.326. The van der Waals surface area contributed by atoms with Crippen molar-refractivity contribution in [2.24, 2.45) is 0 Å². The molecule has 6 heteroatoms. The molecule has 1 aliphatic rings. The smallest absolute Gasteiger partial charge is 0.293 e. The van der Waals surface area contributed by atoms with Gasteiger partial charge in [0.05, 0.1) is 12.0 Å². The van der Waals surface area contributed by atoms with Gasteiger partial charge in [-0.1, -0.05) is 24.3 Å². The Balaban J connectivity index is 1.82. The van der Waals surface area contributed by atoms with Crippen LogP contribution in [0.1, 0.15) is 35.2 Å². The molecule has 140 valence electrons. The number of piperidine rings is 1. The molecule has 0 amide bonds. The highest BCUT2D eigenvalue weighted by molar-refractivity contribution is 6.07. The first kappa shape index (κ1) is 18.6. The molecule has 0 N–H and O–H groups in total. The number of hydrogen-bond acceptors (Lipinski definition) is 5. The molecule has 6 nitrogen and oxygen atoms in total. The van der Waals surface area contributed by atoms with Crippen molar-refractivity contribution >= 4 is 23.2 Å². The molecule has 0 spiro atoms. The normalized spacial score (nSPS) is 14.3. The Kier molecular flexibility index (Phi) is 5.86. The van der Waals surface area contributed by atoms with E-state index in [0.717, 1.165) is 32.4 Å². The van der Waals surface area contributed by atoms with Gasteiger partial charge in [0.1, 0.15) is 11.4 Å². The van der Waals surface area contributed by atoms with Gasteiger partial charge in [0.15, 0.2) is 5.78 Å². The van der Waals surface area contributed by atoms with Crippen LogP contribution in [0.4, 0.5) is 11.4 Å². The minimum atomic E-state index is -0.356. The third-order valence-electron chi connectivity index (χ3n) is 4.67. The fourth-order valence-corrected chi connectivity index (χ4v) is 3.24. The molecule has 0 radical (unpaired) electrons.